The van der Waals surface area contributed by atoms with Crippen LogP contribution in [0, 0.1) is 0 Å². The van der Waals surface area contributed by atoms with Crippen LogP contribution in [-0.4, -0.2) is 40.8 Å². The van der Waals surface area contributed by atoms with Gasteiger partial charge in [0.2, 0.25) is 5.88 Å². The van der Waals surface area contributed by atoms with E-state index in [1.165, 1.54) is 19.5 Å². The highest BCUT2D eigenvalue weighted by atomic mass is 19.3. The van der Waals surface area contributed by atoms with Crippen molar-refractivity contribution in [3.8, 4) is 28.7 Å². The number of alkyl halides is 2. The maximum atomic E-state index is 13.2. The summed E-state index contributed by atoms with van der Waals surface area (Å²) >= 11 is 0. The zero-order valence-electron chi connectivity index (χ0n) is 15.8. The number of rotatable bonds is 8. The quantitative estimate of drug-likeness (QED) is 0.532. The summed E-state index contributed by atoms with van der Waals surface area (Å²) in [5.74, 6) is 0.699. The Balaban J connectivity index is 1.88. The fourth-order valence-electron chi connectivity index (χ4n) is 2.59. The molecule has 0 amide bonds. The van der Waals surface area contributed by atoms with E-state index < -0.39 is 12.4 Å². The molecule has 0 saturated carbocycles. The van der Waals surface area contributed by atoms with Gasteiger partial charge in [-0.05, 0) is 37.3 Å². The highest BCUT2D eigenvalue weighted by Gasteiger charge is 2.18. The maximum Gasteiger partial charge on any atom is 0.344 e. The largest absolute Gasteiger partial charge is 0.482 e. The van der Waals surface area contributed by atoms with E-state index in [1.807, 2.05) is 0 Å². The van der Waals surface area contributed by atoms with Gasteiger partial charge in [0.1, 0.15) is 17.3 Å². The Kier molecular flexibility index (Phi) is 6.38. The molecule has 0 unspecified atom stereocenters. The first-order chi connectivity index (χ1) is 14.0. The molecular formula is C20H19F2N3O4. The molecule has 0 fully saturated rings. The number of benzene rings is 1. The number of imidazole rings is 1. The van der Waals surface area contributed by atoms with Crippen LogP contribution in [0.2, 0.25) is 0 Å². The molecule has 7 nitrogen and oxygen atoms in total. The summed E-state index contributed by atoms with van der Waals surface area (Å²) in [7, 11) is 1.49. The number of carbonyl (C=O) groups excluding carboxylic acids is 1. The lowest BCUT2D eigenvalue weighted by molar-refractivity contribution is -0.145. The minimum Gasteiger partial charge on any atom is -0.482 e. The molecule has 0 aliphatic carbocycles. The fourth-order valence-corrected chi connectivity index (χ4v) is 2.59. The van der Waals surface area contributed by atoms with E-state index in [1.54, 1.807) is 47.9 Å². The van der Waals surface area contributed by atoms with E-state index in [0.717, 1.165) is 0 Å². The van der Waals surface area contributed by atoms with E-state index >= 15 is 0 Å². The van der Waals surface area contributed by atoms with Gasteiger partial charge in [0.25, 0.3) is 6.43 Å². The van der Waals surface area contributed by atoms with Crippen molar-refractivity contribution in [3.63, 3.8) is 0 Å². The average molecular weight is 403 g/mol. The molecule has 0 spiro atoms. The van der Waals surface area contributed by atoms with Gasteiger partial charge in [0.15, 0.2) is 6.61 Å². The molecule has 0 aliphatic rings. The molecule has 0 radical (unpaired) electrons. The van der Waals surface area contributed by atoms with Crippen molar-refractivity contribution in [1.29, 1.82) is 0 Å². The van der Waals surface area contributed by atoms with Crippen LogP contribution in [0.3, 0.4) is 0 Å². The van der Waals surface area contributed by atoms with Crippen LogP contribution >= 0.6 is 0 Å². The van der Waals surface area contributed by atoms with E-state index in [4.69, 9.17) is 14.2 Å². The van der Waals surface area contributed by atoms with E-state index in [0.29, 0.717) is 28.7 Å². The van der Waals surface area contributed by atoms with Crippen molar-refractivity contribution < 1.29 is 27.8 Å². The number of aromatic nitrogens is 3. The zero-order chi connectivity index (χ0) is 20.8. The normalized spacial score (nSPS) is 10.8. The van der Waals surface area contributed by atoms with Gasteiger partial charge in [0, 0.05) is 29.7 Å². The Hall–Kier alpha value is -3.49. The van der Waals surface area contributed by atoms with Crippen molar-refractivity contribution in [1.82, 2.24) is 14.5 Å². The predicted molar refractivity (Wildman–Crippen MR) is 100 cm³/mol. The number of hydrogen-bond acceptors (Lipinski definition) is 6. The highest BCUT2D eigenvalue weighted by Crippen LogP contribution is 2.28. The Bertz CT molecular complexity index is 957. The van der Waals surface area contributed by atoms with Gasteiger partial charge in [-0.15, -0.1) is 0 Å². The van der Waals surface area contributed by atoms with Crippen LogP contribution in [0.1, 0.15) is 19.0 Å². The first-order valence-corrected chi connectivity index (χ1v) is 8.78. The molecular weight excluding hydrogens is 384 g/mol. The third kappa shape index (κ3) is 4.87. The van der Waals surface area contributed by atoms with Crippen molar-refractivity contribution in [3.05, 3.63) is 54.5 Å². The third-order valence-corrected chi connectivity index (χ3v) is 3.93. The Morgan fingerprint density at radius 1 is 1.17 bits per heavy atom. The number of carbonyl (C=O) groups is 1. The number of ether oxygens (including phenoxy) is 3. The van der Waals surface area contributed by atoms with Crippen molar-refractivity contribution in [2.24, 2.45) is 0 Å². The van der Waals surface area contributed by atoms with Gasteiger partial charge < -0.3 is 14.2 Å². The van der Waals surface area contributed by atoms with Gasteiger partial charge in [-0.25, -0.2) is 23.5 Å². The first-order valence-electron chi connectivity index (χ1n) is 8.78. The van der Waals surface area contributed by atoms with Crippen molar-refractivity contribution in [2.45, 2.75) is 13.3 Å². The van der Waals surface area contributed by atoms with Crippen LogP contribution in [0.4, 0.5) is 8.78 Å². The SMILES string of the molecule is CCOC(=O)COc1ccc(-n2cc(C(F)F)nc2-c2ccc(OC)nc2)cc1. The highest BCUT2D eigenvalue weighted by molar-refractivity contribution is 5.71. The lowest BCUT2D eigenvalue weighted by atomic mass is 10.2. The second-order valence-electron chi connectivity index (χ2n) is 5.84. The Labute approximate surface area is 165 Å². The first kappa shape index (κ1) is 20.2. The van der Waals surface area contributed by atoms with Gasteiger partial charge in [-0.3, -0.25) is 4.57 Å². The number of methoxy groups -OCH3 is 1. The molecule has 9 heteroatoms. The summed E-state index contributed by atoms with van der Waals surface area (Å²) in [6.07, 6.45) is 0.0658. The maximum absolute atomic E-state index is 13.2. The molecule has 1 aromatic carbocycles. The van der Waals surface area contributed by atoms with Crippen LogP contribution in [-0.2, 0) is 9.53 Å². The standard InChI is InChI=1S/C20H19F2N3O4/c1-3-28-18(26)12-29-15-7-5-14(6-8-15)25-11-16(19(21)22)24-20(25)13-4-9-17(27-2)23-10-13/h4-11,19H,3,12H2,1-2H3. The molecule has 3 rings (SSSR count). The van der Waals surface area contributed by atoms with Gasteiger partial charge >= 0.3 is 5.97 Å². The van der Waals surface area contributed by atoms with Crippen LogP contribution in [0.25, 0.3) is 17.1 Å². The fraction of sp³-hybridized carbons (Fsp3) is 0.250. The molecule has 0 bridgehead atoms. The van der Waals surface area contributed by atoms with Crippen LogP contribution in [0.5, 0.6) is 11.6 Å². The van der Waals surface area contributed by atoms with E-state index in [9.17, 15) is 13.6 Å². The molecule has 0 aliphatic heterocycles. The Morgan fingerprint density at radius 3 is 2.52 bits per heavy atom. The average Bonchev–Trinajstić information content (AvgIpc) is 3.19. The number of pyridine rings is 1. The van der Waals surface area contributed by atoms with Gasteiger partial charge in [-0.2, -0.15) is 0 Å². The summed E-state index contributed by atoms with van der Waals surface area (Å²) in [4.78, 5) is 19.5. The van der Waals surface area contributed by atoms with Crippen LogP contribution < -0.4 is 9.47 Å². The summed E-state index contributed by atoms with van der Waals surface area (Å²) in [5, 5.41) is 0. The smallest absolute Gasteiger partial charge is 0.344 e. The second kappa shape index (κ2) is 9.13. The molecule has 2 aromatic heterocycles. The minimum atomic E-state index is -2.71. The third-order valence-electron chi connectivity index (χ3n) is 3.93. The summed E-state index contributed by atoms with van der Waals surface area (Å²) in [5.41, 5.74) is 0.803. The lowest BCUT2D eigenvalue weighted by Gasteiger charge is -2.10. The molecule has 0 atom stereocenters. The zero-order valence-corrected chi connectivity index (χ0v) is 15.8. The number of esters is 1. The van der Waals surface area contributed by atoms with Gasteiger partial charge in [0.05, 0.1) is 13.7 Å². The van der Waals surface area contributed by atoms with Gasteiger partial charge in [-0.1, -0.05) is 0 Å². The summed E-state index contributed by atoms with van der Waals surface area (Å²) in [6.45, 7) is 1.77. The molecule has 0 saturated heterocycles. The molecule has 0 N–H and O–H groups in total. The summed E-state index contributed by atoms with van der Waals surface area (Å²) in [6, 6.07) is 9.94. The van der Waals surface area contributed by atoms with Crippen molar-refractivity contribution in [2.75, 3.05) is 20.3 Å². The lowest BCUT2D eigenvalue weighted by Crippen LogP contribution is -2.14. The Morgan fingerprint density at radius 2 is 1.93 bits per heavy atom. The minimum absolute atomic E-state index is 0.212. The van der Waals surface area contributed by atoms with Crippen molar-refractivity contribution >= 4 is 5.97 Å². The molecule has 29 heavy (non-hydrogen) atoms. The molecule has 2 heterocycles. The van der Waals surface area contributed by atoms with E-state index in [-0.39, 0.29) is 18.9 Å². The monoisotopic (exact) mass is 403 g/mol. The number of halogens is 2. The number of nitrogens with zero attached hydrogens (tertiary/aromatic N) is 3. The number of hydrogen-bond donors (Lipinski definition) is 0. The summed E-state index contributed by atoms with van der Waals surface area (Å²) < 4.78 is 43.2. The van der Waals surface area contributed by atoms with E-state index in [2.05, 4.69) is 9.97 Å². The topological polar surface area (TPSA) is 75.5 Å². The second-order valence-corrected chi connectivity index (χ2v) is 5.84. The van der Waals surface area contributed by atoms with Crippen LogP contribution in [0.15, 0.2) is 48.8 Å². The predicted octanol–water partition coefficient (Wildman–Crippen LogP) is 3.82. The molecule has 3 aromatic rings. The molecule has 152 valence electrons.